The monoisotopic (exact) mass is 335 g/mol. The number of benzene rings is 1. The van der Waals surface area contributed by atoms with Crippen molar-refractivity contribution in [2.24, 2.45) is 0 Å². The van der Waals surface area contributed by atoms with Crippen LogP contribution in [0.3, 0.4) is 0 Å². The van der Waals surface area contributed by atoms with Crippen molar-refractivity contribution in [2.75, 3.05) is 6.54 Å². The molecule has 0 saturated heterocycles. The standard InChI is InChI=1S/C14H11Cl2N5O/c15-9-2-1-7-8-5-21(14(22)13-17-6-18-20-13)4-3-10(8)19-12(7)11(9)16/h1-2,6,19H,3-5H2,(H,17,18,20). The Morgan fingerprint density at radius 3 is 2.95 bits per heavy atom. The zero-order valence-electron chi connectivity index (χ0n) is 11.4. The fourth-order valence-corrected chi connectivity index (χ4v) is 3.22. The summed E-state index contributed by atoms with van der Waals surface area (Å²) in [7, 11) is 0. The summed E-state index contributed by atoms with van der Waals surface area (Å²) in [6.45, 7) is 1.11. The summed E-state index contributed by atoms with van der Waals surface area (Å²) >= 11 is 12.3. The lowest BCUT2D eigenvalue weighted by molar-refractivity contribution is 0.0723. The topological polar surface area (TPSA) is 77.7 Å². The summed E-state index contributed by atoms with van der Waals surface area (Å²) in [5.41, 5.74) is 2.99. The molecule has 8 heteroatoms. The molecule has 0 atom stereocenters. The average Bonchev–Trinajstić information content (AvgIpc) is 3.17. The molecule has 2 aromatic heterocycles. The largest absolute Gasteiger partial charge is 0.357 e. The van der Waals surface area contributed by atoms with Crippen LogP contribution in [0.1, 0.15) is 21.9 Å². The van der Waals surface area contributed by atoms with Gasteiger partial charge in [-0.05, 0) is 6.07 Å². The van der Waals surface area contributed by atoms with Crippen LogP contribution in [0, 0.1) is 0 Å². The molecule has 1 aliphatic heterocycles. The molecule has 2 N–H and O–H groups in total. The predicted octanol–water partition coefficient (Wildman–Crippen LogP) is 2.79. The first kappa shape index (κ1) is 13.6. The van der Waals surface area contributed by atoms with Gasteiger partial charge in [0, 0.05) is 36.2 Å². The second-order valence-electron chi connectivity index (χ2n) is 5.17. The van der Waals surface area contributed by atoms with Crippen LogP contribution in [0.15, 0.2) is 18.5 Å². The number of halogens is 2. The van der Waals surface area contributed by atoms with Gasteiger partial charge >= 0.3 is 0 Å². The second kappa shape index (κ2) is 5.00. The molecule has 112 valence electrons. The third-order valence-corrected chi connectivity index (χ3v) is 4.74. The molecule has 3 aromatic rings. The number of aromatic amines is 2. The van der Waals surface area contributed by atoms with E-state index in [1.54, 1.807) is 11.0 Å². The Morgan fingerprint density at radius 1 is 1.32 bits per heavy atom. The summed E-state index contributed by atoms with van der Waals surface area (Å²) in [5, 5.41) is 8.44. The third kappa shape index (κ3) is 1.99. The molecule has 1 aliphatic rings. The Balaban J connectivity index is 1.74. The number of hydrogen-bond donors (Lipinski definition) is 2. The van der Waals surface area contributed by atoms with Gasteiger partial charge in [0.25, 0.3) is 5.91 Å². The van der Waals surface area contributed by atoms with Crippen LogP contribution < -0.4 is 0 Å². The summed E-state index contributed by atoms with van der Waals surface area (Å²) in [5.74, 6) is 0.00526. The van der Waals surface area contributed by atoms with E-state index in [4.69, 9.17) is 23.2 Å². The number of carbonyl (C=O) groups is 1. The summed E-state index contributed by atoms with van der Waals surface area (Å²) < 4.78 is 0. The van der Waals surface area contributed by atoms with Crippen LogP contribution in [0.4, 0.5) is 0 Å². The molecule has 3 heterocycles. The smallest absolute Gasteiger partial charge is 0.293 e. The molecule has 1 amide bonds. The number of carbonyl (C=O) groups excluding carboxylic acids is 1. The Kier molecular flexibility index (Phi) is 3.09. The van der Waals surface area contributed by atoms with Crippen molar-refractivity contribution in [2.45, 2.75) is 13.0 Å². The molecule has 0 unspecified atom stereocenters. The minimum atomic E-state index is -0.179. The van der Waals surface area contributed by atoms with E-state index in [0.717, 1.165) is 28.6 Å². The minimum absolute atomic E-state index is 0.179. The Bertz CT molecular complexity index is 871. The molecule has 0 bridgehead atoms. The van der Waals surface area contributed by atoms with Crippen LogP contribution >= 0.6 is 23.2 Å². The normalized spacial score (nSPS) is 14.4. The van der Waals surface area contributed by atoms with E-state index >= 15 is 0 Å². The quantitative estimate of drug-likeness (QED) is 0.717. The van der Waals surface area contributed by atoms with Gasteiger partial charge < -0.3 is 9.88 Å². The first-order chi connectivity index (χ1) is 10.6. The van der Waals surface area contributed by atoms with Crippen molar-refractivity contribution in [3.05, 3.63) is 45.6 Å². The first-order valence-corrected chi connectivity index (χ1v) is 7.53. The Morgan fingerprint density at radius 2 is 2.18 bits per heavy atom. The van der Waals surface area contributed by atoms with E-state index in [2.05, 4.69) is 20.2 Å². The number of rotatable bonds is 1. The van der Waals surface area contributed by atoms with Crippen LogP contribution in [0.2, 0.25) is 10.0 Å². The van der Waals surface area contributed by atoms with E-state index in [9.17, 15) is 4.79 Å². The molecule has 4 rings (SSSR count). The molecule has 0 saturated carbocycles. The number of aromatic nitrogens is 4. The highest BCUT2D eigenvalue weighted by Crippen LogP contribution is 2.35. The molecule has 6 nitrogen and oxygen atoms in total. The molecular formula is C14H11Cl2N5O. The zero-order valence-corrected chi connectivity index (χ0v) is 12.9. The molecule has 0 aliphatic carbocycles. The van der Waals surface area contributed by atoms with Crippen LogP contribution in [-0.4, -0.2) is 37.5 Å². The lowest BCUT2D eigenvalue weighted by atomic mass is 10.0. The van der Waals surface area contributed by atoms with Crippen molar-refractivity contribution < 1.29 is 4.79 Å². The zero-order chi connectivity index (χ0) is 15.3. The minimum Gasteiger partial charge on any atom is -0.357 e. The number of nitrogens with zero attached hydrogens (tertiary/aromatic N) is 3. The number of fused-ring (bicyclic) bond motifs is 3. The highest BCUT2D eigenvalue weighted by molar-refractivity contribution is 6.45. The van der Waals surface area contributed by atoms with Crippen molar-refractivity contribution >= 4 is 40.0 Å². The van der Waals surface area contributed by atoms with Gasteiger partial charge in [0.2, 0.25) is 5.82 Å². The molecule has 0 radical (unpaired) electrons. The van der Waals surface area contributed by atoms with Gasteiger partial charge in [-0.1, -0.05) is 29.3 Å². The second-order valence-corrected chi connectivity index (χ2v) is 5.95. The Labute approximate surface area is 135 Å². The molecule has 0 fully saturated rings. The van der Waals surface area contributed by atoms with E-state index in [1.807, 2.05) is 6.07 Å². The van der Waals surface area contributed by atoms with Gasteiger partial charge in [-0.15, -0.1) is 5.10 Å². The maximum Gasteiger partial charge on any atom is 0.293 e. The van der Waals surface area contributed by atoms with E-state index < -0.39 is 0 Å². The SMILES string of the molecule is O=C(c1nc[nH]n1)N1CCc2[nH]c3c(Cl)c(Cl)ccc3c2C1. The van der Waals surface area contributed by atoms with Gasteiger partial charge in [-0.25, -0.2) is 4.98 Å². The van der Waals surface area contributed by atoms with Gasteiger partial charge in [0.15, 0.2) is 0 Å². The molecule has 0 spiro atoms. The van der Waals surface area contributed by atoms with Crippen LogP contribution in [0.5, 0.6) is 0 Å². The van der Waals surface area contributed by atoms with Crippen molar-refractivity contribution in [3.8, 4) is 0 Å². The van der Waals surface area contributed by atoms with Gasteiger partial charge in [-0.3, -0.25) is 9.89 Å². The highest BCUT2D eigenvalue weighted by Gasteiger charge is 2.27. The number of amides is 1. The predicted molar refractivity (Wildman–Crippen MR) is 83.1 cm³/mol. The van der Waals surface area contributed by atoms with Gasteiger partial charge in [0.05, 0.1) is 15.6 Å². The van der Waals surface area contributed by atoms with E-state index in [1.165, 1.54) is 6.33 Å². The number of H-pyrrole nitrogens is 2. The lowest BCUT2D eigenvalue weighted by Crippen LogP contribution is -2.36. The van der Waals surface area contributed by atoms with Crippen molar-refractivity contribution in [3.63, 3.8) is 0 Å². The van der Waals surface area contributed by atoms with Crippen molar-refractivity contribution in [1.29, 1.82) is 0 Å². The third-order valence-electron chi connectivity index (χ3n) is 3.93. The summed E-state index contributed by atoms with van der Waals surface area (Å²) in [6.07, 6.45) is 2.13. The molecular weight excluding hydrogens is 325 g/mol. The van der Waals surface area contributed by atoms with Gasteiger partial charge in [-0.2, -0.15) is 0 Å². The maximum atomic E-state index is 12.4. The number of hydrogen-bond acceptors (Lipinski definition) is 3. The molecule has 1 aromatic carbocycles. The maximum absolute atomic E-state index is 12.4. The summed E-state index contributed by atoms with van der Waals surface area (Å²) in [6, 6.07) is 3.70. The fraction of sp³-hybridized carbons (Fsp3) is 0.214. The van der Waals surface area contributed by atoms with Crippen LogP contribution in [0.25, 0.3) is 10.9 Å². The Hall–Kier alpha value is -2.05. The summed E-state index contributed by atoms with van der Waals surface area (Å²) in [4.78, 5) is 21.4. The fourth-order valence-electron chi connectivity index (χ4n) is 2.85. The highest BCUT2D eigenvalue weighted by atomic mass is 35.5. The first-order valence-electron chi connectivity index (χ1n) is 6.77. The van der Waals surface area contributed by atoms with E-state index in [0.29, 0.717) is 23.1 Å². The average molecular weight is 336 g/mol. The molecule has 22 heavy (non-hydrogen) atoms. The van der Waals surface area contributed by atoms with Gasteiger partial charge in [0.1, 0.15) is 6.33 Å². The lowest BCUT2D eigenvalue weighted by Gasteiger charge is -2.26. The van der Waals surface area contributed by atoms with E-state index in [-0.39, 0.29) is 11.7 Å². The van der Waals surface area contributed by atoms with Crippen molar-refractivity contribution in [1.82, 2.24) is 25.1 Å². The number of nitrogens with one attached hydrogen (secondary N) is 2. The van der Waals surface area contributed by atoms with Crippen LogP contribution in [-0.2, 0) is 13.0 Å².